The molecule has 1 rings (SSSR count). The maximum absolute atomic E-state index is 11.7. The molecule has 0 aliphatic heterocycles. The molecule has 0 saturated heterocycles. The highest BCUT2D eigenvalue weighted by Crippen LogP contribution is 2.17. The average Bonchev–Trinajstić information content (AvgIpc) is 2.59. The van der Waals surface area contributed by atoms with Crippen LogP contribution in [-0.4, -0.2) is 44.4 Å². The predicted octanol–water partition coefficient (Wildman–Crippen LogP) is -0.443. The van der Waals surface area contributed by atoms with E-state index in [4.69, 9.17) is 14.6 Å². The summed E-state index contributed by atoms with van der Waals surface area (Å²) in [5.74, 6) is -0.868. The summed E-state index contributed by atoms with van der Waals surface area (Å²) in [6.07, 6.45) is -0.521. The van der Waals surface area contributed by atoms with Gasteiger partial charge in [0.05, 0.1) is 12.3 Å². The van der Waals surface area contributed by atoms with Crippen LogP contribution in [0.15, 0.2) is 4.90 Å². The van der Waals surface area contributed by atoms with Gasteiger partial charge < -0.3 is 9.47 Å². The minimum absolute atomic E-state index is 0.184. The van der Waals surface area contributed by atoms with E-state index in [-0.39, 0.29) is 22.9 Å². The number of carbonyl (C=O) groups excluding carboxylic acids is 1. The maximum atomic E-state index is 11.7. The number of ether oxygens (including phenoxy) is 2. The van der Waals surface area contributed by atoms with Crippen LogP contribution in [0.2, 0.25) is 0 Å². The molecule has 1 atom stereocenters. The fourth-order valence-electron chi connectivity index (χ4n) is 1.41. The quantitative estimate of drug-likeness (QED) is 0.703. The highest BCUT2D eigenvalue weighted by Gasteiger charge is 2.27. The Morgan fingerprint density at radius 2 is 2.17 bits per heavy atom. The molecule has 1 aromatic heterocycles. The number of methoxy groups -OCH3 is 1. The number of primary sulfonamides is 1. The van der Waals surface area contributed by atoms with E-state index in [0.29, 0.717) is 0 Å². The summed E-state index contributed by atoms with van der Waals surface area (Å²) in [6.45, 7) is 3.25. The molecule has 1 heterocycles. The van der Waals surface area contributed by atoms with Crippen molar-refractivity contribution in [2.24, 2.45) is 5.14 Å². The van der Waals surface area contributed by atoms with Gasteiger partial charge >= 0.3 is 5.97 Å². The number of esters is 1. The third-order valence-corrected chi connectivity index (χ3v) is 3.15. The van der Waals surface area contributed by atoms with E-state index in [1.807, 2.05) is 0 Å². The van der Waals surface area contributed by atoms with Gasteiger partial charge in [-0.25, -0.2) is 18.4 Å². The van der Waals surface area contributed by atoms with Crippen LogP contribution in [0.1, 0.15) is 23.1 Å². The van der Waals surface area contributed by atoms with Crippen LogP contribution in [0.5, 0.6) is 0 Å². The SMILES string of the molecule is COCC(C)OC(=O)c1n[nH]c(C)c1S(N)(=O)=O. The third-order valence-electron chi connectivity index (χ3n) is 2.08. The van der Waals surface area contributed by atoms with Crippen LogP contribution >= 0.6 is 0 Å². The van der Waals surface area contributed by atoms with Gasteiger partial charge in [-0.15, -0.1) is 0 Å². The maximum Gasteiger partial charge on any atom is 0.360 e. The fourth-order valence-corrected chi connectivity index (χ4v) is 2.28. The lowest BCUT2D eigenvalue weighted by Gasteiger charge is -2.11. The second-order valence-electron chi connectivity index (χ2n) is 3.74. The van der Waals surface area contributed by atoms with Gasteiger partial charge in [-0.3, -0.25) is 5.10 Å². The Kier molecular flexibility index (Phi) is 4.43. The zero-order valence-corrected chi connectivity index (χ0v) is 11.1. The third kappa shape index (κ3) is 3.28. The number of aromatic amines is 1. The van der Waals surface area contributed by atoms with Gasteiger partial charge in [0.1, 0.15) is 11.0 Å². The minimum Gasteiger partial charge on any atom is -0.455 e. The van der Waals surface area contributed by atoms with E-state index in [2.05, 4.69) is 10.2 Å². The molecule has 1 aromatic rings. The van der Waals surface area contributed by atoms with E-state index in [9.17, 15) is 13.2 Å². The minimum atomic E-state index is -4.04. The molecular formula is C9H15N3O5S. The molecule has 3 N–H and O–H groups in total. The molecule has 0 fully saturated rings. The summed E-state index contributed by atoms with van der Waals surface area (Å²) in [7, 11) is -2.58. The molecule has 8 nitrogen and oxygen atoms in total. The smallest absolute Gasteiger partial charge is 0.360 e. The predicted molar refractivity (Wildman–Crippen MR) is 61.5 cm³/mol. The summed E-state index contributed by atoms with van der Waals surface area (Å²) in [5.41, 5.74) is -0.165. The first-order valence-electron chi connectivity index (χ1n) is 5.05. The Hall–Kier alpha value is -1.45. The molecule has 0 aliphatic rings. The molecule has 0 aliphatic carbocycles. The van der Waals surface area contributed by atoms with Gasteiger partial charge in [0, 0.05) is 7.11 Å². The molecule has 0 radical (unpaired) electrons. The normalized spacial score (nSPS) is 13.3. The first-order valence-corrected chi connectivity index (χ1v) is 6.59. The zero-order valence-electron chi connectivity index (χ0n) is 10.3. The number of carbonyl (C=O) groups is 1. The van der Waals surface area contributed by atoms with Crippen LogP contribution in [-0.2, 0) is 19.5 Å². The molecule has 18 heavy (non-hydrogen) atoms. The monoisotopic (exact) mass is 277 g/mol. The van der Waals surface area contributed by atoms with E-state index >= 15 is 0 Å². The summed E-state index contributed by atoms with van der Waals surface area (Å²) >= 11 is 0. The first kappa shape index (κ1) is 14.6. The second-order valence-corrected chi connectivity index (χ2v) is 5.24. The largest absolute Gasteiger partial charge is 0.455 e. The van der Waals surface area contributed by atoms with Gasteiger partial charge in [-0.05, 0) is 13.8 Å². The summed E-state index contributed by atoms with van der Waals surface area (Å²) in [4.78, 5) is 11.4. The van der Waals surface area contributed by atoms with Crippen molar-refractivity contribution < 1.29 is 22.7 Å². The number of sulfonamides is 1. The van der Waals surface area contributed by atoms with E-state index in [0.717, 1.165) is 0 Å². The Balaban J connectivity index is 3.01. The van der Waals surface area contributed by atoms with Gasteiger partial charge in [0.15, 0.2) is 5.69 Å². The van der Waals surface area contributed by atoms with E-state index in [1.54, 1.807) is 6.92 Å². The Bertz CT molecular complexity index is 536. The molecule has 0 spiro atoms. The number of aryl methyl sites for hydroxylation is 1. The van der Waals surface area contributed by atoms with Crippen molar-refractivity contribution in [3.63, 3.8) is 0 Å². The molecule has 0 aromatic carbocycles. The van der Waals surface area contributed by atoms with Crippen molar-refractivity contribution in [2.45, 2.75) is 24.8 Å². The van der Waals surface area contributed by atoms with Gasteiger partial charge in [-0.1, -0.05) is 0 Å². The number of hydrogen-bond donors (Lipinski definition) is 2. The van der Waals surface area contributed by atoms with Crippen LogP contribution < -0.4 is 5.14 Å². The number of H-pyrrole nitrogens is 1. The van der Waals surface area contributed by atoms with Crippen molar-refractivity contribution in [1.82, 2.24) is 10.2 Å². The molecule has 1 unspecified atom stereocenters. The second kappa shape index (κ2) is 5.46. The molecular weight excluding hydrogens is 262 g/mol. The Morgan fingerprint density at radius 1 is 1.56 bits per heavy atom. The van der Waals surface area contributed by atoms with Crippen LogP contribution in [0.4, 0.5) is 0 Å². The van der Waals surface area contributed by atoms with Gasteiger partial charge in [-0.2, -0.15) is 5.10 Å². The molecule has 0 amide bonds. The number of hydrogen-bond acceptors (Lipinski definition) is 6. The van der Waals surface area contributed by atoms with Crippen LogP contribution in [0.25, 0.3) is 0 Å². The average molecular weight is 277 g/mol. The lowest BCUT2D eigenvalue weighted by molar-refractivity contribution is 0.0110. The number of nitrogens with zero attached hydrogens (tertiary/aromatic N) is 1. The van der Waals surface area contributed by atoms with E-state index < -0.39 is 22.1 Å². The van der Waals surface area contributed by atoms with Gasteiger partial charge in [0.25, 0.3) is 0 Å². The Morgan fingerprint density at radius 3 is 2.67 bits per heavy atom. The van der Waals surface area contributed by atoms with Gasteiger partial charge in [0.2, 0.25) is 10.0 Å². The number of nitrogens with two attached hydrogens (primary N) is 1. The van der Waals surface area contributed by atoms with Crippen LogP contribution in [0, 0.1) is 6.92 Å². The lowest BCUT2D eigenvalue weighted by atomic mass is 10.3. The Labute approximate surface area is 105 Å². The van der Waals surface area contributed by atoms with Crippen molar-refractivity contribution in [3.8, 4) is 0 Å². The van der Waals surface area contributed by atoms with Crippen molar-refractivity contribution >= 4 is 16.0 Å². The summed E-state index contributed by atoms with van der Waals surface area (Å²) in [5, 5.41) is 11.0. The highest BCUT2D eigenvalue weighted by atomic mass is 32.2. The van der Waals surface area contributed by atoms with Crippen molar-refractivity contribution in [1.29, 1.82) is 0 Å². The van der Waals surface area contributed by atoms with Crippen molar-refractivity contribution in [2.75, 3.05) is 13.7 Å². The highest BCUT2D eigenvalue weighted by molar-refractivity contribution is 7.89. The molecule has 0 saturated carbocycles. The standard InChI is InChI=1S/C9H15N3O5S/c1-5(4-16-3)17-9(13)7-8(18(10,14)15)6(2)11-12-7/h5H,4H2,1-3H3,(H,11,12)(H2,10,14,15). The fraction of sp³-hybridized carbons (Fsp3) is 0.556. The number of rotatable bonds is 5. The summed E-state index contributed by atoms with van der Waals surface area (Å²) < 4.78 is 32.4. The lowest BCUT2D eigenvalue weighted by Crippen LogP contribution is -2.23. The zero-order chi connectivity index (χ0) is 13.9. The number of aromatic nitrogens is 2. The molecule has 9 heteroatoms. The van der Waals surface area contributed by atoms with Crippen LogP contribution in [0.3, 0.4) is 0 Å². The van der Waals surface area contributed by atoms with Crippen molar-refractivity contribution in [3.05, 3.63) is 11.4 Å². The summed E-state index contributed by atoms with van der Waals surface area (Å²) in [6, 6.07) is 0. The van der Waals surface area contributed by atoms with E-state index in [1.165, 1.54) is 14.0 Å². The first-order chi connectivity index (χ1) is 8.27. The molecule has 102 valence electrons. The topological polar surface area (TPSA) is 124 Å². The molecule has 0 bridgehead atoms. The number of nitrogens with one attached hydrogen (secondary N) is 1.